The van der Waals surface area contributed by atoms with E-state index in [1.54, 1.807) is 55.7 Å². The van der Waals surface area contributed by atoms with Crippen molar-refractivity contribution in [3.05, 3.63) is 88.2 Å². The van der Waals surface area contributed by atoms with Gasteiger partial charge in [0, 0.05) is 17.0 Å². The van der Waals surface area contributed by atoms with E-state index in [4.69, 9.17) is 23.7 Å². The first-order chi connectivity index (χ1) is 17.4. The summed E-state index contributed by atoms with van der Waals surface area (Å²) in [6.07, 6.45) is 1.64. The van der Waals surface area contributed by atoms with Crippen molar-refractivity contribution in [3.8, 4) is 23.0 Å². The number of esters is 2. The highest BCUT2D eigenvalue weighted by Crippen LogP contribution is 2.51. The number of ether oxygens (including phenoxy) is 5. The van der Waals surface area contributed by atoms with Crippen molar-refractivity contribution in [2.24, 2.45) is 0 Å². The van der Waals surface area contributed by atoms with Crippen LogP contribution in [0, 0.1) is 0 Å². The smallest absolute Gasteiger partial charge is 0.337 e. The number of Topliss-reactive ketones (excluding diaryl/α,β-unsaturated/α-hetero) is 1. The molecule has 1 atom stereocenters. The van der Waals surface area contributed by atoms with Gasteiger partial charge in [0.25, 0.3) is 0 Å². The van der Waals surface area contributed by atoms with Gasteiger partial charge in [-0.3, -0.25) is 9.59 Å². The van der Waals surface area contributed by atoms with Crippen LogP contribution in [0.3, 0.4) is 0 Å². The minimum absolute atomic E-state index is 0.0402. The molecule has 8 nitrogen and oxygen atoms in total. The first-order valence-electron chi connectivity index (χ1n) is 11.2. The van der Waals surface area contributed by atoms with Gasteiger partial charge in [-0.1, -0.05) is 24.3 Å². The number of para-hydroxylation sites is 1. The fraction of sp³-hybridized carbons (Fsp3) is 0.179. The van der Waals surface area contributed by atoms with Crippen LogP contribution in [0.2, 0.25) is 0 Å². The van der Waals surface area contributed by atoms with Crippen molar-refractivity contribution in [2.45, 2.75) is 12.3 Å². The number of hydrogen-bond donors (Lipinski definition) is 0. The molecule has 2 heterocycles. The number of fused-ring (bicyclic) bond motifs is 3. The molecule has 8 heteroatoms. The van der Waals surface area contributed by atoms with Crippen LogP contribution in [0.15, 0.2) is 60.4 Å². The van der Waals surface area contributed by atoms with E-state index in [1.165, 1.54) is 14.2 Å². The Hall–Kier alpha value is -4.59. The average molecular weight is 486 g/mol. The van der Waals surface area contributed by atoms with Crippen LogP contribution in [0.1, 0.15) is 49.7 Å². The van der Waals surface area contributed by atoms with Gasteiger partial charge in [-0.25, -0.2) is 4.79 Å². The van der Waals surface area contributed by atoms with Crippen LogP contribution < -0.4 is 18.9 Å². The largest absolute Gasteiger partial charge is 0.493 e. The summed E-state index contributed by atoms with van der Waals surface area (Å²) in [5, 5.41) is 0. The minimum Gasteiger partial charge on any atom is -0.493 e. The summed E-state index contributed by atoms with van der Waals surface area (Å²) in [4.78, 5) is 37.4. The maximum absolute atomic E-state index is 13.2. The summed E-state index contributed by atoms with van der Waals surface area (Å²) in [5.41, 5.74) is 2.75. The van der Waals surface area contributed by atoms with E-state index in [0.717, 1.165) is 5.56 Å². The number of carbonyl (C=O) groups excluding carboxylic acids is 3. The molecule has 0 aromatic heterocycles. The fourth-order valence-corrected chi connectivity index (χ4v) is 4.54. The fourth-order valence-electron chi connectivity index (χ4n) is 4.54. The van der Waals surface area contributed by atoms with Crippen molar-refractivity contribution < 1.29 is 38.1 Å². The Morgan fingerprint density at radius 2 is 1.72 bits per heavy atom. The number of hydrogen-bond acceptors (Lipinski definition) is 8. The van der Waals surface area contributed by atoms with Gasteiger partial charge in [-0.15, -0.1) is 0 Å². The van der Waals surface area contributed by atoms with E-state index in [-0.39, 0.29) is 18.0 Å². The van der Waals surface area contributed by atoms with E-state index < -0.39 is 17.9 Å². The minimum atomic E-state index is -0.479. The normalized spacial score (nSPS) is 17.1. The van der Waals surface area contributed by atoms with Gasteiger partial charge in [0.1, 0.15) is 11.5 Å². The molecule has 0 radical (unpaired) electrons. The van der Waals surface area contributed by atoms with Crippen LogP contribution in [-0.2, 0) is 9.53 Å². The lowest BCUT2D eigenvalue weighted by molar-refractivity contribution is -0.135. The van der Waals surface area contributed by atoms with Crippen LogP contribution in [0.4, 0.5) is 0 Å². The molecule has 0 amide bonds. The zero-order valence-corrected chi connectivity index (χ0v) is 19.8. The molecule has 3 aromatic carbocycles. The van der Waals surface area contributed by atoms with Crippen molar-refractivity contribution in [3.63, 3.8) is 0 Å². The molecule has 0 spiro atoms. The quantitative estimate of drug-likeness (QED) is 0.294. The van der Waals surface area contributed by atoms with E-state index in [1.807, 2.05) is 12.1 Å². The molecule has 0 unspecified atom stereocenters. The predicted molar refractivity (Wildman–Crippen MR) is 129 cm³/mol. The Kier molecular flexibility index (Phi) is 5.93. The number of rotatable bonds is 5. The molecular formula is C28H22O8. The van der Waals surface area contributed by atoms with Gasteiger partial charge in [-0.2, -0.15) is 0 Å². The molecular weight excluding hydrogens is 464 g/mol. The van der Waals surface area contributed by atoms with Crippen molar-refractivity contribution in [1.82, 2.24) is 0 Å². The van der Waals surface area contributed by atoms with Crippen LogP contribution in [0.25, 0.3) is 6.08 Å². The molecule has 0 bridgehead atoms. The highest BCUT2D eigenvalue weighted by atomic mass is 16.5. The third kappa shape index (κ3) is 3.86. The first kappa shape index (κ1) is 23.2. The monoisotopic (exact) mass is 486 g/mol. The zero-order valence-electron chi connectivity index (χ0n) is 19.8. The molecule has 0 N–H and O–H groups in total. The summed E-state index contributed by atoms with van der Waals surface area (Å²) in [7, 11) is 4.39. The van der Waals surface area contributed by atoms with Crippen molar-refractivity contribution >= 4 is 23.8 Å². The summed E-state index contributed by atoms with van der Waals surface area (Å²) >= 11 is 0. The lowest BCUT2D eigenvalue weighted by Crippen LogP contribution is -2.22. The Labute approximate surface area is 207 Å². The number of carbonyl (C=O) groups is 3. The lowest BCUT2D eigenvalue weighted by atomic mass is 9.84. The molecule has 0 aliphatic carbocycles. The van der Waals surface area contributed by atoms with Crippen LogP contribution in [-0.4, -0.2) is 39.1 Å². The average Bonchev–Trinajstić information content (AvgIpc) is 3.22. The van der Waals surface area contributed by atoms with Gasteiger partial charge in [0.05, 0.1) is 38.9 Å². The standard InChI is InChI=1S/C28H22O8/c1-32-21-6-4-5-17(26(21)33-2)19-14-23(29)35-20-12-11-18-25(30)22(36-27(18)24(19)20)13-15-7-9-16(10-8-15)28(31)34-3/h4-13,19H,14H2,1-3H3/b22-13-/t19-/m1/s1. The molecule has 2 aliphatic rings. The Morgan fingerprint density at radius 3 is 2.42 bits per heavy atom. The summed E-state index contributed by atoms with van der Waals surface area (Å²) in [5.74, 6) is 0.195. The number of allylic oxidation sites excluding steroid dienone is 1. The Balaban J connectivity index is 1.58. The molecule has 0 fully saturated rings. The highest BCUT2D eigenvalue weighted by molar-refractivity contribution is 6.15. The van der Waals surface area contributed by atoms with E-state index in [9.17, 15) is 14.4 Å². The molecule has 3 aromatic rings. The summed E-state index contributed by atoms with van der Waals surface area (Å²) in [6, 6.07) is 15.2. The molecule has 5 rings (SSSR count). The summed E-state index contributed by atoms with van der Waals surface area (Å²) < 4.78 is 27.4. The Morgan fingerprint density at radius 1 is 0.944 bits per heavy atom. The van der Waals surface area contributed by atoms with E-state index in [0.29, 0.717) is 45.3 Å². The number of methoxy groups -OCH3 is 3. The molecule has 182 valence electrons. The van der Waals surface area contributed by atoms with Gasteiger partial charge in [0.15, 0.2) is 17.3 Å². The third-order valence-electron chi connectivity index (χ3n) is 6.22. The molecule has 0 saturated heterocycles. The second kappa shape index (κ2) is 9.22. The van der Waals surface area contributed by atoms with E-state index in [2.05, 4.69) is 0 Å². The third-order valence-corrected chi connectivity index (χ3v) is 6.22. The topological polar surface area (TPSA) is 97.4 Å². The van der Waals surface area contributed by atoms with Crippen molar-refractivity contribution in [2.75, 3.05) is 21.3 Å². The van der Waals surface area contributed by atoms with Crippen LogP contribution >= 0.6 is 0 Å². The summed E-state index contributed by atoms with van der Waals surface area (Å²) in [6.45, 7) is 0. The van der Waals surface area contributed by atoms with Gasteiger partial charge >= 0.3 is 11.9 Å². The second-order valence-electron chi connectivity index (χ2n) is 8.22. The molecule has 36 heavy (non-hydrogen) atoms. The predicted octanol–water partition coefficient (Wildman–Crippen LogP) is 4.55. The van der Waals surface area contributed by atoms with Gasteiger partial charge in [0.2, 0.25) is 5.78 Å². The van der Waals surface area contributed by atoms with E-state index >= 15 is 0 Å². The van der Waals surface area contributed by atoms with Gasteiger partial charge < -0.3 is 23.7 Å². The molecule has 0 saturated carbocycles. The van der Waals surface area contributed by atoms with Crippen LogP contribution in [0.5, 0.6) is 23.0 Å². The lowest BCUT2D eigenvalue weighted by Gasteiger charge is -2.27. The second-order valence-corrected chi connectivity index (χ2v) is 8.22. The number of ketones is 1. The van der Waals surface area contributed by atoms with Gasteiger partial charge in [-0.05, 0) is 42.0 Å². The maximum Gasteiger partial charge on any atom is 0.337 e. The SMILES string of the molecule is COC(=O)c1ccc(/C=C2\Oc3c(ccc4c3[C@@H](c3cccc(OC)c3OC)CC(=O)O4)C2=O)cc1. The maximum atomic E-state index is 13.2. The highest BCUT2D eigenvalue weighted by Gasteiger charge is 2.39. The Bertz CT molecular complexity index is 1420. The first-order valence-corrected chi connectivity index (χ1v) is 11.2. The zero-order chi connectivity index (χ0) is 25.4. The number of benzene rings is 3. The van der Waals surface area contributed by atoms with Crippen molar-refractivity contribution in [1.29, 1.82) is 0 Å². The molecule has 2 aliphatic heterocycles.